The minimum absolute atomic E-state index is 0.165. The van der Waals surface area contributed by atoms with Gasteiger partial charge in [-0.2, -0.15) is 0 Å². The number of rotatable bonds is 7. The van der Waals surface area contributed by atoms with Gasteiger partial charge in [0.15, 0.2) is 0 Å². The van der Waals surface area contributed by atoms with Gasteiger partial charge in [-0.1, -0.05) is 6.42 Å². The number of carbonyl (C=O) groups is 1. The number of esters is 1. The second kappa shape index (κ2) is 6.96. The predicted molar refractivity (Wildman–Crippen MR) is 65.1 cm³/mol. The lowest BCUT2D eigenvalue weighted by molar-refractivity contribution is -0.143. The quantitative estimate of drug-likeness (QED) is 0.510. The summed E-state index contributed by atoms with van der Waals surface area (Å²) in [5, 5.41) is 0. The van der Waals surface area contributed by atoms with E-state index in [0.29, 0.717) is 26.1 Å². The first-order valence-corrected chi connectivity index (χ1v) is 7.80. The van der Waals surface area contributed by atoms with Crippen LogP contribution >= 0.6 is 0 Å². The maximum absolute atomic E-state index is 11.5. The van der Waals surface area contributed by atoms with Crippen LogP contribution in [-0.4, -0.2) is 44.1 Å². The summed E-state index contributed by atoms with van der Waals surface area (Å²) in [5.74, 6) is 0.122. The van der Waals surface area contributed by atoms with Gasteiger partial charge in [0.2, 0.25) is 10.0 Å². The molecule has 0 aromatic carbocycles. The maximum Gasteiger partial charge on any atom is 0.305 e. The molecule has 1 aliphatic rings. The van der Waals surface area contributed by atoms with E-state index in [1.54, 1.807) is 11.2 Å². The number of ether oxygens (including phenoxy) is 1. The van der Waals surface area contributed by atoms with E-state index in [2.05, 4.69) is 0 Å². The highest BCUT2D eigenvalue weighted by molar-refractivity contribution is 7.89. The Bertz CT molecular complexity index is 339. The molecule has 0 spiro atoms. The summed E-state index contributed by atoms with van der Waals surface area (Å²) in [7, 11) is -2.96. The molecule has 0 aromatic rings. The molecule has 0 radical (unpaired) electrons. The van der Waals surface area contributed by atoms with E-state index < -0.39 is 10.0 Å². The molecule has 17 heavy (non-hydrogen) atoms. The molecule has 100 valence electrons. The number of nitrogens with zero attached hydrogens (tertiary/aromatic N) is 1. The van der Waals surface area contributed by atoms with Crippen molar-refractivity contribution >= 4 is 16.0 Å². The fourth-order valence-electron chi connectivity index (χ4n) is 1.91. The van der Waals surface area contributed by atoms with Crippen molar-refractivity contribution in [2.24, 2.45) is 0 Å². The molecule has 0 saturated carbocycles. The fourth-order valence-corrected chi connectivity index (χ4v) is 3.48. The van der Waals surface area contributed by atoms with Crippen LogP contribution in [0.3, 0.4) is 0 Å². The SMILES string of the molecule is CCOC(=O)CCCCCN1CCCS1(=O)=O. The lowest BCUT2D eigenvalue weighted by Crippen LogP contribution is -2.26. The molecule has 1 saturated heterocycles. The van der Waals surface area contributed by atoms with Crippen molar-refractivity contribution in [1.82, 2.24) is 4.31 Å². The third-order valence-corrected chi connectivity index (χ3v) is 4.75. The number of unbranched alkanes of at least 4 members (excludes halogenated alkanes) is 2. The van der Waals surface area contributed by atoms with E-state index in [9.17, 15) is 13.2 Å². The lowest BCUT2D eigenvalue weighted by Gasteiger charge is -2.13. The average molecular weight is 263 g/mol. The van der Waals surface area contributed by atoms with Crippen LogP contribution in [0.5, 0.6) is 0 Å². The fraction of sp³-hybridized carbons (Fsp3) is 0.909. The van der Waals surface area contributed by atoms with E-state index in [1.165, 1.54) is 0 Å². The predicted octanol–water partition coefficient (Wildman–Crippen LogP) is 1.15. The summed E-state index contributed by atoms with van der Waals surface area (Å²) in [5.41, 5.74) is 0. The Morgan fingerprint density at radius 2 is 2.06 bits per heavy atom. The van der Waals surface area contributed by atoms with Crippen molar-refractivity contribution < 1.29 is 17.9 Å². The monoisotopic (exact) mass is 263 g/mol. The first-order chi connectivity index (χ1) is 8.06. The Labute approximate surface area is 103 Å². The van der Waals surface area contributed by atoms with E-state index >= 15 is 0 Å². The molecule has 1 heterocycles. The Hall–Kier alpha value is -0.620. The number of hydrogen-bond donors (Lipinski definition) is 0. The smallest absolute Gasteiger partial charge is 0.305 e. The first-order valence-electron chi connectivity index (χ1n) is 6.19. The van der Waals surface area contributed by atoms with Crippen LogP contribution in [-0.2, 0) is 19.6 Å². The zero-order valence-corrected chi connectivity index (χ0v) is 11.2. The molecule has 0 bridgehead atoms. The number of sulfonamides is 1. The standard InChI is InChI=1S/C11H21NO4S/c1-2-16-11(13)7-4-3-5-8-12-9-6-10-17(12,14)15/h2-10H2,1H3. The van der Waals surface area contributed by atoms with Crippen LogP contribution in [0.2, 0.25) is 0 Å². The van der Waals surface area contributed by atoms with Crippen LogP contribution in [0.4, 0.5) is 0 Å². The van der Waals surface area contributed by atoms with Crippen LogP contribution in [0.15, 0.2) is 0 Å². The topological polar surface area (TPSA) is 63.7 Å². The summed E-state index contributed by atoms with van der Waals surface area (Å²) in [6.07, 6.45) is 3.63. The highest BCUT2D eigenvalue weighted by Gasteiger charge is 2.27. The Balaban J connectivity index is 2.07. The molecule has 0 aliphatic carbocycles. The Morgan fingerprint density at radius 1 is 1.29 bits per heavy atom. The third kappa shape index (κ3) is 5.04. The molecule has 1 aliphatic heterocycles. The van der Waals surface area contributed by atoms with Crippen LogP contribution < -0.4 is 0 Å². The van der Waals surface area contributed by atoms with Gasteiger partial charge in [-0.25, -0.2) is 12.7 Å². The van der Waals surface area contributed by atoms with E-state index in [1.807, 2.05) is 0 Å². The molecule has 6 heteroatoms. The highest BCUT2D eigenvalue weighted by Crippen LogP contribution is 2.14. The minimum atomic E-state index is -2.96. The van der Waals surface area contributed by atoms with Gasteiger partial charge in [-0.05, 0) is 26.2 Å². The normalized spacial score (nSPS) is 19.4. The molecule has 0 atom stereocenters. The Kier molecular flexibility index (Phi) is 5.91. The van der Waals surface area contributed by atoms with E-state index in [4.69, 9.17) is 4.74 Å². The van der Waals surface area contributed by atoms with Crippen molar-refractivity contribution in [2.75, 3.05) is 25.4 Å². The van der Waals surface area contributed by atoms with E-state index in [0.717, 1.165) is 25.7 Å². The summed E-state index contributed by atoms with van der Waals surface area (Å²) >= 11 is 0. The summed E-state index contributed by atoms with van der Waals surface area (Å²) in [6, 6.07) is 0. The van der Waals surface area contributed by atoms with Crippen LogP contribution in [0.25, 0.3) is 0 Å². The highest BCUT2D eigenvalue weighted by atomic mass is 32.2. The van der Waals surface area contributed by atoms with Crippen LogP contribution in [0, 0.1) is 0 Å². The molecule has 0 aromatic heterocycles. The van der Waals surface area contributed by atoms with Crippen molar-refractivity contribution in [2.45, 2.75) is 39.0 Å². The molecule has 0 unspecified atom stereocenters. The number of carbonyl (C=O) groups excluding carboxylic acids is 1. The molecule has 1 rings (SSSR count). The van der Waals surface area contributed by atoms with Crippen LogP contribution in [0.1, 0.15) is 39.0 Å². The minimum Gasteiger partial charge on any atom is -0.466 e. The van der Waals surface area contributed by atoms with Gasteiger partial charge in [0, 0.05) is 19.5 Å². The van der Waals surface area contributed by atoms with Gasteiger partial charge >= 0.3 is 5.97 Å². The molecule has 5 nitrogen and oxygen atoms in total. The molecule has 0 N–H and O–H groups in total. The summed E-state index contributed by atoms with van der Waals surface area (Å²) in [4.78, 5) is 11.0. The van der Waals surface area contributed by atoms with Gasteiger partial charge in [0.1, 0.15) is 0 Å². The molecular weight excluding hydrogens is 242 g/mol. The average Bonchev–Trinajstić information content (AvgIpc) is 2.58. The Morgan fingerprint density at radius 3 is 2.65 bits per heavy atom. The molecule has 0 amide bonds. The molecule has 1 fully saturated rings. The van der Waals surface area contributed by atoms with Crippen molar-refractivity contribution in [3.63, 3.8) is 0 Å². The van der Waals surface area contributed by atoms with Crippen molar-refractivity contribution in [3.8, 4) is 0 Å². The first kappa shape index (κ1) is 14.4. The van der Waals surface area contributed by atoms with Gasteiger partial charge in [0.05, 0.1) is 12.4 Å². The van der Waals surface area contributed by atoms with Crippen molar-refractivity contribution in [1.29, 1.82) is 0 Å². The van der Waals surface area contributed by atoms with Gasteiger partial charge in [-0.3, -0.25) is 4.79 Å². The second-order valence-corrected chi connectivity index (χ2v) is 6.27. The van der Waals surface area contributed by atoms with Gasteiger partial charge < -0.3 is 4.74 Å². The maximum atomic E-state index is 11.5. The second-order valence-electron chi connectivity index (χ2n) is 4.18. The van der Waals surface area contributed by atoms with Gasteiger partial charge in [-0.15, -0.1) is 0 Å². The summed E-state index contributed by atoms with van der Waals surface area (Å²) < 4.78 is 29.3. The molecular formula is C11H21NO4S. The largest absolute Gasteiger partial charge is 0.466 e. The summed E-state index contributed by atoms with van der Waals surface area (Å²) in [6.45, 7) is 3.45. The van der Waals surface area contributed by atoms with Crippen molar-refractivity contribution in [3.05, 3.63) is 0 Å². The van der Waals surface area contributed by atoms with E-state index in [-0.39, 0.29) is 11.7 Å². The van der Waals surface area contributed by atoms with Gasteiger partial charge in [0.25, 0.3) is 0 Å². The zero-order valence-electron chi connectivity index (χ0n) is 10.4. The number of hydrogen-bond acceptors (Lipinski definition) is 4. The lowest BCUT2D eigenvalue weighted by atomic mass is 10.2. The third-order valence-electron chi connectivity index (χ3n) is 2.80. The zero-order chi connectivity index (χ0) is 12.7.